The van der Waals surface area contributed by atoms with Crippen molar-refractivity contribution in [2.75, 3.05) is 18.4 Å². The number of anilines is 1. The largest absolute Gasteiger partial charge is 0.345 e. The lowest BCUT2D eigenvalue weighted by atomic mass is 9.86. The molecule has 2 N–H and O–H groups in total. The second-order valence-electron chi connectivity index (χ2n) is 7.79. The highest BCUT2D eigenvalue weighted by atomic mass is 16.2. The molecule has 4 heterocycles. The molecule has 1 fully saturated rings. The Hall–Kier alpha value is -3.86. The van der Waals surface area contributed by atoms with Gasteiger partial charge in [-0.3, -0.25) is 4.40 Å². The molecule has 5 rings (SSSR count). The summed E-state index contributed by atoms with van der Waals surface area (Å²) in [4.78, 5) is 27.0. The van der Waals surface area contributed by atoms with Gasteiger partial charge >= 0.3 is 6.03 Å². The standard InChI is InChI=1S/C22H21N7O/c1-14-6-8-28(22(30)27-16-4-2-3-15(9-16)10-23)13-18(14)21-26-12-17-11-25-20-19(29(17)21)5-7-24-20/h2-5,7,9,11-12,14,18,24H,6,8,13H2,1H3,(H,27,30). The van der Waals surface area contributed by atoms with Crippen molar-refractivity contribution in [2.45, 2.75) is 19.3 Å². The summed E-state index contributed by atoms with van der Waals surface area (Å²) >= 11 is 0. The van der Waals surface area contributed by atoms with Crippen LogP contribution in [0.25, 0.3) is 16.7 Å². The van der Waals surface area contributed by atoms with Gasteiger partial charge in [0.15, 0.2) is 5.65 Å². The van der Waals surface area contributed by atoms with E-state index in [1.54, 1.807) is 24.3 Å². The first-order valence-corrected chi connectivity index (χ1v) is 9.99. The molecule has 4 aromatic rings. The molecule has 1 saturated heterocycles. The summed E-state index contributed by atoms with van der Waals surface area (Å²) in [6.07, 6.45) is 6.43. The number of hydrogen-bond donors (Lipinski definition) is 2. The number of imidazole rings is 1. The lowest BCUT2D eigenvalue weighted by Gasteiger charge is -2.36. The zero-order chi connectivity index (χ0) is 20.7. The van der Waals surface area contributed by atoms with Gasteiger partial charge in [0.05, 0.1) is 35.1 Å². The highest BCUT2D eigenvalue weighted by molar-refractivity contribution is 5.89. The lowest BCUT2D eigenvalue weighted by Crippen LogP contribution is -2.44. The van der Waals surface area contributed by atoms with Gasteiger partial charge in [-0.05, 0) is 36.6 Å². The number of carbonyl (C=O) groups excluding carboxylic acids is 1. The number of carbonyl (C=O) groups is 1. The molecule has 0 spiro atoms. The Morgan fingerprint density at radius 2 is 2.17 bits per heavy atom. The average Bonchev–Trinajstić information content (AvgIpc) is 3.40. The normalized spacial score (nSPS) is 19.1. The topological polar surface area (TPSA) is 102 Å². The van der Waals surface area contributed by atoms with Crippen LogP contribution in [-0.2, 0) is 0 Å². The van der Waals surface area contributed by atoms with Gasteiger partial charge in [0, 0.05) is 30.9 Å². The number of likely N-dealkylation sites (tertiary alicyclic amines) is 1. The van der Waals surface area contributed by atoms with Gasteiger partial charge in [-0.15, -0.1) is 0 Å². The van der Waals surface area contributed by atoms with Crippen molar-refractivity contribution in [3.8, 4) is 6.07 Å². The van der Waals surface area contributed by atoms with E-state index in [-0.39, 0.29) is 11.9 Å². The summed E-state index contributed by atoms with van der Waals surface area (Å²) in [7, 11) is 0. The first-order valence-electron chi connectivity index (χ1n) is 9.99. The number of rotatable bonds is 2. The highest BCUT2D eigenvalue weighted by Crippen LogP contribution is 2.33. The number of H-pyrrole nitrogens is 1. The molecule has 0 bridgehead atoms. The lowest BCUT2D eigenvalue weighted by molar-refractivity contribution is 0.170. The molecule has 1 aliphatic heterocycles. The molecule has 1 aliphatic rings. The van der Waals surface area contributed by atoms with Crippen molar-refractivity contribution in [1.29, 1.82) is 5.26 Å². The van der Waals surface area contributed by atoms with Gasteiger partial charge in [-0.2, -0.15) is 5.26 Å². The number of aromatic amines is 1. The first kappa shape index (κ1) is 18.2. The van der Waals surface area contributed by atoms with Crippen LogP contribution in [0.4, 0.5) is 10.5 Å². The number of nitriles is 1. The third kappa shape index (κ3) is 3.05. The van der Waals surface area contributed by atoms with Gasteiger partial charge in [-0.1, -0.05) is 13.0 Å². The fraction of sp³-hybridized carbons (Fsp3) is 0.273. The Balaban J connectivity index is 1.43. The minimum atomic E-state index is -0.156. The Labute approximate surface area is 173 Å². The molecule has 0 saturated carbocycles. The molecular formula is C22H21N7O. The number of nitrogens with zero attached hydrogens (tertiary/aromatic N) is 5. The molecule has 30 heavy (non-hydrogen) atoms. The summed E-state index contributed by atoms with van der Waals surface area (Å²) < 4.78 is 2.14. The zero-order valence-corrected chi connectivity index (χ0v) is 16.5. The number of hydrogen-bond acceptors (Lipinski definition) is 4. The summed E-state index contributed by atoms with van der Waals surface area (Å²) in [6.45, 7) is 3.48. The molecular weight excluding hydrogens is 378 g/mol. The van der Waals surface area contributed by atoms with Crippen molar-refractivity contribution in [1.82, 2.24) is 24.3 Å². The smallest absolute Gasteiger partial charge is 0.321 e. The SMILES string of the molecule is CC1CCN(C(=O)Nc2cccc(C#N)c2)CC1c1ncc2cnc3[nH]ccc3n12. The second-order valence-corrected chi connectivity index (χ2v) is 7.79. The molecule has 2 unspecified atom stereocenters. The van der Waals surface area contributed by atoms with Crippen molar-refractivity contribution in [3.05, 3.63) is 60.3 Å². The quantitative estimate of drug-likeness (QED) is 0.536. The van der Waals surface area contributed by atoms with Gasteiger partial charge in [0.2, 0.25) is 0 Å². The second kappa shape index (κ2) is 7.19. The van der Waals surface area contributed by atoms with Crippen LogP contribution in [0.1, 0.15) is 30.7 Å². The number of aromatic nitrogens is 4. The number of fused-ring (bicyclic) bond motifs is 3. The predicted octanol–water partition coefficient (Wildman–Crippen LogP) is 3.74. The third-order valence-electron chi connectivity index (χ3n) is 5.91. The predicted molar refractivity (Wildman–Crippen MR) is 113 cm³/mol. The van der Waals surface area contributed by atoms with Gasteiger partial charge < -0.3 is 15.2 Å². The zero-order valence-electron chi connectivity index (χ0n) is 16.5. The van der Waals surface area contributed by atoms with E-state index in [0.717, 1.165) is 28.9 Å². The summed E-state index contributed by atoms with van der Waals surface area (Å²) in [5.41, 5.74) is 3.89. The molecule has 8 nitrogen and oxygen atoms in total. The van der Waals surface area contributed by atoms with E-state index < -0.39 is 0 Å². The Kier molecular flexibility index (Phi) is 4.36. The highest BCUT2D eigenvalue weighted by Gasteiger charge is 2.33. The summed E-state index contributed by atoms with van der Waals surface area (Å²) in [5, 5.41) is 12.0. The van der Waals surface area contributed by atoms with Crippen LogP contribution in [0.15, 0.2) is 48.9 Å². The van der Waals surface area contributed by atoms with E-state index >= 15 is 0 Å². The maximum Gasteiger partial charge on any atom is 0.321 e. The third-order valence-corrected chi connectivity index (χ3v) is 5.91. The fourth-order valence-corrected chi connectivity index (χ4v) is 4.22. The molecule has 8 heteroatoms. The number of benzene rings is 1. The van der Waals surface area contributed by atoms with Crippen LogP contribution in [-0.4, -0.2) is 43.4 Å². The first-order chi connectivity index (χ1) is 14.6. The number of nitrogens with one attached hydrogen (secondary N) is 2. The molecule has 150 valence electrons. The summed E-state index contributed by atoms with van der Waals surface area (Å²) in [6, 6.07) is 10.9. The van der Waals surface area contributed by atoms with Gasteiger partial charge in [0.1, 0.15) is 5.82 Å². The van der Waals surface area contributed by atoms with Gasteiger partial charge in [0.25, 0.3) is 0 Å². The molecule has 0 radical (unpaired) electrons. The van der Waals surface area contributed by atoms with Crippen LogP contribution in [0.5, 0.6) is 0 Å². The van der Waals surface area contributed by atoms with E-state index in [4.69, 9.17) is 10.2 Å². The number of amides is 2. The van der Waals surface area contributed by atoms with Crippen molar-refractivity contribution in [2.24, 2.45) is 5.92 Å². The Morgan fingerprint density at radius 1 is 1.30 bits per heavy atom. The van der Waals surface area contributed by atoms with Crippen LogP contribution < -0.4 is 5.32 Å². The molecule has 0 aliphatic carbocycles. The minimum Gasteiger partial charge on any atom is -0.345 e. The molecule has 3 aromatic heterocycles. The minimum absolute atomic E-state index is 0.109. The maximum absolute atomic E-state index is 12.9. The van der Waals surface area contributed by atoms with E-state index in [1.165, 1.54) is 0 Å². The Morgan fingerprint density at radius 3 is 3.03 bits per heavy atom. The van der Waals surface area contributed by atoms with E-state index in [0.29, 0.717) is 30.3 Å². The Bertz CT molecular complexity index is 1280. The van der Waals surface area contributed by atoms with Crippen molar-refractivity contribution in [3.63, 3.8) is 0 Å². The number of piperidine rings is 1. The van der Waals surface area contributed by atoms with Crippen molar-refractivity contribution >= 4 is 28.4 Å². The maximum atomic E-state index is 12.9. The summed E-state index contributed by atoms with van der Waals surface area (Å²) in [5.74, 6) is 1.45. The van der Waals surface area contributed by atoms with E-state index in [2.05, 4.69) is 32.7 Å². The van der Waals surface area contributed by atoms with E-state index in [9.17, 15) is 4.79 Å². The fourth-order valence-electron chi connectivity index (χ4n) is 4.22. The van der Waals surface area contributed by atoms with Gasteiger partial charge in [-0.25, -0.2) is 14.8 Å². The van der Waals surface area contributed by atoms with Crippen LogP contribution in [0.3, 0.4) is 0 Å². The van der Waals surface area contributed by atoms with Crippen LogP contribution in [0, 0.1) is 17.2 Å². The molecule has 2 atom stereocenters. The van der Waals surface area contributed by atoms with Crippen molar-refractivity contribution < 1.29 is 4.79 Å². The molecule has 1 aromatic carbocycles. The van der Waals surface area contributed by atoms with E-state index in [1.807, 2.05) is 29.6 Å². The van der Waals surface area contributed by atoms with Crippen LogP contribution in [0.2, 0.25) is 0 Å². The monoisotopic (exact) mass is 399 g/mol. The number of urea groups is 1. The average molecular weight is 399 g/mol. The van der Waals surface area contributed by atoms with Crippen LogP contribution >= 0.6 is 0 Å². The molecule has 2 amide bonds.